The number of esters is 1. The molecule has 2 saturated carbocycles. The third-order valence-corrected chi connectivity index (χ3v) is 6.77. The summed E-state index contributed by atoms with van der Waals surface area (Å²) in [4.78, 5) is 38.4. The molecule has 2 bridgehead atoms. The van der Waals surface area contributed by atoms with Crippen LogP contribution in [0.3, 0.4) is 0 Å². The molecule has 0 spiro atoms. The summed E-state index contributed by atoms with van der Waals surface area (Å²) in [5.41, 5.74) is 3.42. The summed E-state index contributed by atoms with van der Waals surface area (Å²) < 4.78 is 5.40. The van der Waals surface area contributed by atoms with Crippen molar-refractivity contribution < 1.29 is 19.1 Å². The first kappa shape index (κ1) is 20.3. The highest BCUT2D eigenvalue weighted by Gasteiger charge is 2.54. The first-order valence-electron chi connectivity index (χ1n) is 10.6. The Morgan fingerprint density at radius 2 is 1.63 bits per heavy atom. The van der Waals surface area contributed by atoms with Crippen molar-refractivity contribution in [2.75, 3.05) is 11.9 Å². The fraction of sp³-hybridized carbons (Fsp3) is 0.400. The first-order valence-corrected chi connectivity index (χ1v) is 10.6. The van der Waals surface area contributed by atoms with Gasteiger partial charge in [0.2, 0.25) is 0 Å². The highest BCUT2D eigenvalue weighted by atomic mass is 16.5. The van der Waals surface area contributed by atoms with E-state index in [9.17, 15) is 14.4 Å². The summed E-state index contributed by atoms with van der Waals surface area (Å²) in [6, 6.07) is 14.8. The summed E-state index contributed by atoms with van der Waals surface area (Å²) in [5.74, 6) is -1.18. The second kappa shape index (κ2) is 8.42. The molecule has 1 N–H and O–H groups in total. The predicted octanol–water partition coefficient (Wildman–Crippen LogP) is 4.33. The fourth-order valence-corrected chi connectivity index (χ4v) is 5.11. The van der Waals surface area contributed by atoms with E-state index < -0.39 is 11.9 Å². The Kier molecular flexibility index (Phi) is 5.71. The van der Waals surface area contributed by atoms with Crippen molar-refractivity contribution in [3.05, 3.63) is 65.2 Å². The number of ketones is 1. The van der Waals surface area contributed by atoms with Gasteiger partial charge in [-0.1, -0.05) is 42.5 Å². The smallest absolute Gasteiger partial charge is 0.310 e. The normalized spacial score (nSPS) is 24.5. The van der Waals surface area contributed by atoms with Crippen LogP contribution < -0.4 is 5.32 Å². The zero-order valence-electron chi connectivity index (χ0n) is 17.4. The summed E-state index contributed by atoms with van der Waals surface area (Å²) in [6.07, 6.45) is 2.81. The van der Waals surface area contributed by atoms with E-state index >= 15 is 0 Å². The summed E-state index contributed by atoms with van der Waals surface area (Å²) in [7, 11) is 0. The Balaban J connectivity index is 1.41. The fourth-order valence-electron chi connectivity index (χ4n) is 5.11. The molecule has 5 nitrogen and oxygen atoms in total. The van der Waals surface area contributed by atoms with Gasteiger partial charge in [-0.3, -0.25) is 14.4 Å². The van der Waals surface area contributed by atoms with Crippen molar-refractivity contribution in [2.24, 2.45) is 23.7 Å². The minimum Gasteiger partial charge on any atom is -0.455 e. The average molecular weight is 405 g/mol. The second-order valence-corrected chi connectivity index (χ2v) is 8.52. The van der Waals surface area contributed by atoms with Crippen molar-refractivity contribution in [3.63, 3.8) is 0 Å². The van der Waals surface area contributed by atoms with Crippen LogP contribution in [-0.4, -0.2) is 24.3 Å². The molecule has 156 valence electrons. The molecule has 0 aliphatic heterocycles. The van der Waals surface area contributed by atoms with Crippen molar-refractivity contribution in [3.8, 4) is 0 Å². The predicted molar refractivity (Wildman–Crippen MR) is 114 cm³/mol. The van der Waals surface area contributed by atoms with Gasteiger partial charge >= 0.3 is 5.97 Å². The number of Topliss-reactive ketones (excluding diaryl/α,β-unsaturated/α-hetero) is 1. The highest BCUT2D eigenvalue weighted by Crippen LogP contribution is 2.53. The Labute approximate surface area is 176 Å². The maximum Gasteiger partial charge on any atom is 0.310 e. The molecule has 0 aromatic heterocycles. The Morgan fingerprint density at radius 1 is 0.933 bits per heavy atom. The Bertz CT molecular complexity index is 968. The minimum absolute atomic E-state index is 0.0181. The number of ether oxygens (including phenoxy) is 1. The number of aryl methyl sites for hydroxylation is 1. The number of hydrogen-bond acceptors (Lipinski definition) is 4. The maximum absolute atomic E-state index is 13.1. The Morgan fingerprint density at radius 3 is 2.37 bits per heavy atom. The van der Waals surface area contributed by atoms with Crippen molar-refractivity contribution in [1.82, 2.24) is 0 Å². The molecular weight excluding hydrogens is 378 g/mol. The van der Waals surface area contributed by atoms with E-state index in [4.69, 9.17) is 4.74 Å². The molecule has 4 rings (SSSR count). The number of anilines is 1. The lowest BCUT2D eigenvalue weighted by atomic mass is 9.75. The van der Waals surface area contributed by atoms with Crippen LogP contribution in [0, 0.1) is 37.5 Å². The topological polar surface area (TPSA) is 72.5 Å². The molecule has 0 heterocycles. The zero-order valence-corrected chi connectivity index (χ0v) is 17.4. The second-order valence-electron chi connectivity index (χ2n) is 8.52. The van der Waals surface area contributed by atoms with E-state index in [2.05, 4.69) is 5.32 Å². The standard InChI is InChI=1S/C25H27NO4/c1-15-7-6-10-20(16(15)2)26-21(27)14-30-25(29)23-19-12-11-18(13-19)22(23)24(28)17-8-4-3-5-9-17/h3-10,18-19,22-23H,11-14H2,1-2H3,(H,26,27)/t18-,19-,22-,23+/m0/s1. The molecule has 0 saturated heterocycles. The maximum atomic E-state index is 13.1. The van der Waals surface area contributed by atoms with Crippen LogP contribution in [0.25, 0.3) is 0 Å². The molecule has 2 aromatic rings. The van der Waals surface area contributed by atoms with E-state index in [1.165, 1.54) is 0 Å². The SMILES string of the molecule is Cc1cccc(NC(=O)COC(=O)[C@@H]2[C@H]3CC[C@@H](C3)[C@@H]2C(=O)c2ccccc2)c1C. The molecule has 5 heteroatoms. The third-order valence-electron chi connectivity index (χ3n) is 6.77. The van der Waals surface area contributed by atoms with E-state index in [1.54, 1.807) is 12.1 Å². The van der Waals surface area contributed by atoms with Gasteiger partial charge in [0, 0.05) is 17.2 Å². The largest absolute Gasteiger partial charge is 0.455 e. The Hall–Kier alpha value is -2.95. The van der Waals surface area contributed by atoms with Crippen LogP contribution in [0.15, 0.2) is 48.5 Å². The van der Waals surface area contributed by atoms with E-state index in [1.807, 2.05) is 50.2 Å². The van der Waals surface area contributed by atoms with Crippen molar-refractivity contribution >= 4 is 23.3 Å². The number of amides is 1. The highest BCUT2D eigenvalue weighted by molar-refractivity contribution is 6.01. The molecule has 1 amide bonds. The summed E-state index contributed by atoms with van der Waals surface area (Å²) >= 11 is 0. The van der Waals surface area contributed by atoms with Gasteiger partial charge in [-0.05, 0) is 62.1 Å². The molecular formula is C25H27NO4. The van der Waals surface area contributed by atoms with Crippen LogP contribution in [0.5, 0.6) is 0 Å². The van der Waals surface area contributed by atoms with Crippen molar-refractivity contribution in [2.45, 2.75) is 33.1 Å². The van der Waals surface area contributed by atoms with Crippen LogP contribution in [0.2, 0.25) is 0 Å². The van der Waals surface area contributed by atoms with Gasteiger partial charge in [0.05, 0.1) is 5.92 Å². The third kappa shape index (κ3) is 3.89. The van der Waals surface area contributed by atoms with Gasteiger partial charge in [-0.2, -0.15) is 0 Å². The number of fused-ring (bicyclic) bond motifs is 2. The molecule has 30 heavy (non-hydrogen) atoms. The average Bonchev–Trinajstić information content (AvgIpc) is 3.37. The van der Waals surface area contributed by atoms with Gasteiger partial charge in [-0.15, -0.1) is 0 Å². The molecule has 2 aliphatic rings. The number of rotatable bonds is 6. The molecule has 2 aliphatic carbocycles. The van der Waals surface area contributed by atoms with Crippen molar-refractivity contribution in [1.29, 1.82) is 0 Å². The van der Waals surface area contributed by atoms with Crippen LogP contribution in [0.1, 0.15) is 40.7 Å². The number of carbonyl (C=O) groups excluding carboxylic acids is 3. The zero-order chi connectivity index (χ0) is 21.3. The lowest BCUT2D eigenvalue weighted by Crippen LogP contribution is -2.37. The van der Waals surface area contributed by atoms with Gasteiger partial charge in [0.1, 0.15) is 0 Å². The lowest BCUT2D eigenvalue weighted by molar-refractivity contribution is -0.154. The quantitative estimate of drug-likeness (QED) is 0.573. The first-order chi connectivity index (χ1) is 14.5. The van der Waals surface area contributed by atoms with Crippen LogP contribution >= 0.6 is 0 Å². The van der Waals surface area contributed by atoms with Gasteiger partial charge in [0.15, 0.2) is 12.4 Å². The number of hydrogen-bond donors (Lipinski definition) is 1. The van der Waals surface area contributed by atoms with Gasteiger partial charge < -0.3 is 10.1 Å². The molecule has 0 radical (unpaired) electrons. The molecule has 4 atom stereocenters. The lowest BCUT2D eigenvalue weighted by Gasteiger charge is -2.28. The number of carbonyl (C=O) groups is 3. The van der Waals surface area contributed by atoms with Gasteiger partial charge in [0.25, 0.3) is 5.91 Å². The number of benzene rings is 2. The van der Waals surface area contributed by atoms with Crippen LogP contribution in [-0.2, 0) is 14.3 Å². The molecule has 2 fully saturated rings. The molecule has 2 aromatic carbocycles. The van der Waals surface area contributed by atoms with Gasteiger partial charge in [-0.25, -0.2) is 0 Å². The number of nitrogens with one attached hydrogen (secondary N) is 1. The summed E-state index contributed by atoms with van der Waals surface area (Å²) in [6.45, 7) is 3.57. The van der Waals surface area contributed by atoms with E-state index in [-0.39, 0.29) is 36.1 Å². The molecule has 0 unspecified atom stereocenters. The van der Waals surface area contributed by atoms with Crippen LogP contribution in [0.4, 0.5) is 5.69 Å². The minimum atomic E-state index is -0.454. The van der Waals surface area contributed by atoms with E-state index in [0.29, 0.717) is 11.3 Å². The van der Waals surface area contributed by atoms with E-state index in [0.717, 1.165) is 30.4 Å². The summed E-state index contributed by atoms with van der Waals surface area (Å²) in [5, 5.41) is 2.81. The monoisotopic (exact) mass is 405 g/mol.